The molecule has 0 spiro atoms. The van der Waals surface area contributed by atoms with Crippen LogP contribution in [-0.2, 0) is 9.53 Å². The molecule has 0 atom stereocenters. The second-order valence-corrected chi connectivity index (χ2v) is 7.15. The quantitative estimate of drug-likeness (QED) is 0.399. The van der Waals surface area contributed by atoms with Crippen LogP contribution in [0.15, 0.2) is 42.5 Å². The van der Waals surface area contributed by atoms with Gasteiger partial charge in [-0.1, -0.05) is 23.2 Å². The number of methoxy groups -OCH3 is 1. The van der Waals surface area contributed by atoms with Gasteiger partial charge in [0.05, 0.1) is 18.2 Å². The molecule has 156 valence electrons. The summed E-state index contributed by atoms with van der Waals surface area (Å²) in [7, 11) is 1.62. The van der Waals surface area contributed by atoms with Crippen LogP contribution in [0.5, 0.6) is 11.5 Å². The summed E-state index contributed by atoms with van der Waals surface area (Å²) in [6, 6.07) is 12.2. The molecular weight excluding hydrogens is 435 g/mol. The number of carbonyl (C=O) groups is 1. The Morgan fingerprint density at radius 1 is 1.03 bits per heavy atom. The number of ether oxygens (including phenoxy) is 3. The number of anilines is 1. The van der Waals surface area contributed by atoms with Gasteiger partial charge in [0.15, 0.2) is 5.11 Å². The van der Waals surface area contributed by atoms with E-state index in [0.717, 1.165) is 11.4 Å². The lowest BCUT2D eigenvalue weighted by atomic mass is 10.3. The van der Waals surface area contributed by atoms with E-state index in [1.54, 1.807) is 25.3 Å². The Morgan fingerprint density at radius 2 is 1.79 bits per heavy atom. The number of carbonyl (C=O) groups excluding carboxylic acids is 1. The molecule has 2 rings (SSSR count). The maximum absolute atomic E-state index is 12.0. The van der Waals surface area contributed by atoms with E-state index < -0.39 is 0 Å². The molecular formula is C20H22Cl2N2O4S. The largest absolute Gasteiger partial charge is 0.492 e. The van der Waals surface area contributed by atoms with Crippen molar-refractivity contribution in [1.82, 2.24) is 5.32 Å². The van der Waals surface area contributed by atoms with E-state index in [4.69, 9.17) is 49.6 Å². The van der Waals surface area contributed by atoms with E-state index >= 15 is 0 Å². The summed E-state index contributed by atoms with van der Waals surface area (Å²) >= 11 is 17.0. The minimum absolute atomic E-state index is 0.201. The second-order valence-electron chi connectivity index (χ2n) is 5.89. The molecule has 0 aliphatic rings. The minimum atomic E-state index is -0.201. The number of hydrogen-bond acceptors (Lipinski definition) is 5. The van der Waals surface area contributed by atoms with Gasteiger partial charge in [-0.25, -0.2) is 0 Å². The highest BCUT2D eigenvalue weighted by molar-refractivity contribution is 7.80. The van der Waals surface area contributed by atoms with Crippen molar-refractivity contribution in [3.05, 3.63) is 52.5 Å². The predicted octanol–water partition coefficient (Wildman–Crippen LogP) is 4.69. The molecule has 0 fully saturated rings. The molecule has 9 heteroatoms. The van der Waals surface area contributed by atoms with Crippen LogP contribution in [0.25, 0.3) is 0 Å². The zero-order chi connectivity index (χ0) is 21.1. The summed E-state index contributed by atoms with van der Waals surface area (Å²) in [6.45, 7) is 1.35. The van der Waals surface area contributed by atoms with Crippen molar-refractivity contribution in [3.8, 4) is 11.5 Å². The molecule has 0 saturated carbocycles. The van der Waals surface area contributed by atoms with Gasteiger partial charge in [-0.15, -0.1) is 0 Å². The zero-order valence-electron chi connectivity index (χ0n) is 15.9. The summed E-state index contributed by atoms with van der Waals surface area (Å²) in [5.41, 5.74) is 0.745. The fourth-order valence-electron chi connectivity index (χ4n) is 2.24. The van der Waals surface area contributed by atoms with Gasteiger partial charge < -0.3 is 24.8 Å². The normalized spacial score (nSPS) is 10.3. The summed E-state index contributed by atoms with van der Waals surface area (Å²) in [4.78, 5) is 12.0. The summed E-state index contributed by atoms with van der Waals surface area (Å²) in [6.07, 6.45) is 0.778. The Balaban J connectivity index is 1.66. The van der Waals surface area contributed by atoms with Crippen molar-refractivity contribution in [2.45, 2.75) is 12.8 Å². The van der Waals surface area contributed by atoms with Crippen LogP contribution < -0.4 is 20.1 Å². The third-order valence-electron chi connectivity index (χ3n) is 3.62. The predicted molar refractivity (Wildman–Crippen MR) is 119 cm³/mol. The van der Waals surface area contributed by atoms with Gasteiger partial charge in [0, 0.05) is 24.2 Å². The number of benzene rings is 2. The van der Waals surface area contributed by atoms with E-state index in [-0.39, 0.29) is 17.4 Å². The lowest BCUT2D eigenvalue weighted by Gasteiger charge is -2.11. The standard InChI is InChI=1S/C20H22Cl2N2O4S/c1-26-11-12-27-16-7-5-15(6-8-16)23-20(29)24-19(25)3-2-10-28-18-9-4-14(21)13-17(18)22/h4-9,13H,2-3,10-12H2,1H3,(H2,23,24,25,29). The van der Waals surface area contributed by atoms with Crippen molar-refractivity contribution in [2.75, 3.05) is 32.2 Å². The highest BCUT2D eigenvalue weighted by Gasteiger charge is 2.07. The van der Waals surface area contributed by atoms with Crippen LogP contribution in [0.1, 0.15) is 12.8 Å². The van der Waals surface area contributed by atoms with Crippen LogP contribution in [0.4, 0.5) is 5.69 Å². The van der Waals surface area contributed by atoms with Gasteiger partial charge in [0.1, 0.15) is 18.1 Å². The van der Waals surface area contributed by atoms with Gasteiger partial charge >= 0.3 is 0 Å². The Kier molecular flexibility index (Phi) is 10.0. The average molecular weight is 457 g/mol. The molecule has 2 aromatic rings. The highest BCUT2D eigenvalue weighted by Crippen LogP contribution is 2.27. The SMILES string of the molecule is COCCOc1ccc(NC(=S)NC(=O)CCCOc2ccc(Cl)cc2Cl)cc1. The van der Waals surface area contributed by atoms with E-state index in [2.05, 4.69) is 10.6 Å². The molecule has 0 aromatic heterocycles. The fraction of sp³-hybridized carbons (Fsp3) is 0.300. The van der Waals surface area contributed by atoms with Crippen molar-refractivity contribution in [1.29, 1.82) is 0 Å². The number of nitrogens with one attached hydrogen (secondary N) is 2. The van der Waals surface area contributed by atoms with E-state index in [1.165, 1.54) is 0 Å². The molecule has 29 heavy (non-hydrogen) atoms. The molecule has 6 nitrogen and oxygen atoms in total. The molecule has 0 aliphatic heterocycles. The van der Waals surface area contributed by atoms with E-state index in [1.807, 2.05) is 24.3 Å². The zero-order valence-corrected chi connectivity index (χ0v) is 18.2. The maximum Gasteiger partial charge on any atom is 0.226 e. The van der Waals surface area contributed by atoms with Gasteiger partial charge in [-0.2, -0.15) is 0 Å². The van der Waals surface area contributed by atoms with Gasteiger partial charge in [-0.3, -0.25) is 4.79 Å². The van der Waals surface area contributed by atoms with Crippen molar-refractivity contribution in [2.24, 2.45) is 0 Å². The van der Waals surface area contributed by atoms with Gasteiger partial charge in [0.2, 0.25) is 5.91 Å². The maximum atomic E-state index is 12.0. The Hall–Kier alpha value is -2.06. The van der Waals surface area contributed by atoms with Crippen molar-refractivity contribution >= 4 is 52.1 Å². The molecule has 0 saturated heterocycles. The first kappa shape index (κ1) is 23.2. The number of halogens is 2. The van der Waals surface area contributed by atoms with Crippen molar-refractivity contribution in [3.63, 3.8) is 0 Å². The molecule has 2 aromatic carbocycles. The van der Waals surface area contributed by atoms with Crippen LogP contribution in [0.2, 0.25) is 10.0 Å². The van der Waals surface area contributed by atoms with Crippen LogP contribution in [0.3, 0.4) is 0 Å². The van der Waals surface area contributed by atoms with Gasteiger partial charge in [-0.05, 0) is 61.1 Å². The van der Waals surface area contributed by atoms with Gasteiger partial charge in [0.25, 0.3) is 0 Å². The number of rotatable bonds is 10. The molecule has 0 aliphatic carbocycles. The Morgan fingerprint density at radius 3 is 2.48 bits per heavy atom. The monoisotopic (exact) mass is 456 g/mol. The van der Waals surface area contributed by atoms with Crippen LogP contribution in [-0.4, -0.2) is 38.0 Å². The molecule has 0 heterocycles. The summed E-state index contributed by atoms with van der Waals surface area (Å²) in [5.74, 6) is 1.06. The Labute approximate surface area is 185 Å². The Bertz CT molecular complexity index is 819. The first-order valence-electron chi connectivity index (χ1n) is 8.88. The fourth-order valence-corrected chi connectivity index (χ4v) is 2.93. The minimum Gasteiger partial charge on any atom is -0.492 e. The van der Waals surface area contributed by atoms with Crippen LogP contribution in [0, 0.1) is 0 Å². The number of thiocarbonyl (C=S) groups is 1. The topological polar surface area (TPSA) is 68.8 Å². The lowest BCUT2D eigenvalue weighted by Crippen LogP contribution is -2.34. The third kappa shape index (κ3) is 8.87. The smallest absolute Gasteiger partial charge is 0.226 e. The van der Waals surface area contributed by atoms with Crippen LogP contribution >= 0.6 is 35.4 Å². The van der Waals surface area contributed by atoms with E-state index in [0.29, 0.717) is 42.0 Å². The number of amides is 1. The summed E-state index contributed by atoms with van der Waals surface area (Å²) in [5, 5.41) is 6.79. The first-order valence-corrected chi connectivity index (χ1v) is 10.0. The van der Waals surface area contributed by atoms with E-state index in [9.17, 15) is 4.79 Å². The highest BCUT2D eigenvalue weighted by atomic mass is 35.5. The lowest BCUT2D eigenvalue weighted by molar-refractivity contribution is -0.119. The molecule has 1 amide bonds. The molecule has 0 bridgehead atoms. The second kappa shape index (κ2) is 12.5. The first-order chi connectivity index (χ1) is 14.0. The number of hydrogen-bond donors (Lipinski definition) is 2. The summed E-state index contributed by atoms with van der Waals surface area (Å²) < 4.78 is 16.0. The van der Waals surface area contributed by atoms with Crippen molar-refractivity contribution < 1.29 is 19.0 Å². The molecule has 0 unspecified atom stereocenters. The molecule has 0 radical (unpaired) electrons. The molecule has 2 N–H and O–H groups in total. The third-order valence-corrected chi connectivity index (χ3v) is 4.36. The average Bonchev–Trinajstić information content (AvgIpc) is 2.68.